The SMILES string of the molecule is CCc1cc2sc(C3(CCCCC(=O)OC)C45C=c6cc7cc8cc9c%10c8c8c7c7c6C43c3c4c(cc6c%11c%12c(cc(c%13c%12c%12c(c3c7c8c%12c%10%13)c4%11)C9)C6)C5)cc2s1. The van der Waals surface area contributed by atoms with E-state index in [1.54, 1.807) is 141 Å². The highest BCUT2D eigenvalue weighted by Crippen LogP contribution is 2.91. The number of hydrogen-bond donors (Lipinski definition) is 0. The van der Waals surface area contributed by atoms with Crippen LogP contribution in [0.4, 0.5) is 0 Å². The molecular weight excluding hydrogens is 745 g/mol. The Morgan fingerprint density at radius 1 is 0.603 bits per heavy atom. The van der Waals surface area contributed by atoms with E-state index in [2.05, 4.69) is 66.8 Å². The maximum absolute atomic E-state index is 12.6. The molecule has 58 heavy (non-hydrogen) atoms. The number of fused-ring (bicyclic) bond motifs is 1. The number of rotatable bonds is 7. The van der Waals surface area contributed by atoms with Gasteiger partial charge in [-0.1, -0.05) is 37.6 Å². The van der Waals surface area contributed by atoms with Gasteiger partial charge in [-0.3, -0.25) is 4.79 Å². The number of aryl methyl sites for hydroxylation is 1. The number of hydrogen-bond acceptors (Lipinski definition) is 4. The van der Waals surface area contributed by atoms with E-state index in [0.717, 1.165) is 44.9 Å². The first-order valence-corrected chi connectivity index (χ1v) is 23.3. The van der Waals surface area contributed by atoms with Gasteiger partial charge in [-0.25, -0.2) is 0 Å². The van der Waals surface area contributed by atoms with Crippen molar-refractivity contribution in [3.05, 3.63) is 96.4 Å². The minimum Gasteiger partial charge on any atom is -0.469 e. The predicted molar refractivity (Wildman–Crippen MR) is 242 cm³/mol. The number of ether oxygens (including phenoxy) is 1. The van der Waals surface area contributed by atoms with Crippen molar-refractivity contribution >= 4 is 152 Å². The lowest BCUT2D eigenvalue weighted by Gasteiger charge is -2.32. The summed E-state index contributed by atoms with van der Waals surface area (Å²) >= 11 is 4.12. The molecule has 4 heteroatoms. The Morgan fingerprint density at radius 3 is 1.98 bits per heavy atom. The molecule has 13 aromatic rings. The Balaban J connectivity index is 1.09. The van der Waals surface area contributed by atoms with Gasteiger partial charge in [0, 0.05) is 41.8 Å². The summed E-state index contributed by atoms with van der Waals surface area (Å²) in [5.74, 6) is -0.0829. The van der Waals surface area contributed by atoms with Crippen LogP contribution in [0.5, 0.6) is 0 Å². The van der Waals surface area contributed by atoms with Crippen molar-refractivity contribution in [1.29, 1.82) is 0 Å². The van der Waals surface area contributed by atoms with Crippen LogP contribution in [0.25, 0.3) is 123 Å². The fourth-order valence-corrected chi connectivity index (χ4v) is 19.7. The summed E-state index contributed by atoms with van der Waals surface area (Å²) in [5.41, 5.74) is 11.0. The van der Waals surface area contributed by atoms with Crippen molar-refractivity contribution in [1.82, 2.24) is 0 Å². The third-order valence-corrected chi connectivity index (χ3v) is 20.8. The smallest absolute Gasteiger partial charge is 0.305 e. The van der Waals surface area contributed by atoms with Crippen LogP contribution in [0.3, 0.4) is 0 Å². The zero-order valence-corrected chi connectivity index (χ0v) is 33.5. The van der Waals surface area contributed by atoms with E-state index in [0.29, 0.717) is 6.42 Å². The summed E-state index contributed by atoms with van der Waals surface area (Å²) in [6.45, 7) is 2.30. The largest absolute Gasteiger partial charge is 0.469 e. The molecule has 6 aliphatic carbocycles. The number of unbranched alkanes of at least 4 members (excludes halogenated alkanes) is 1. The van der Waals surface area contributed by atoms with Gasteiger partial charge in [0.25, 0.3) is 0 Å². The fourth-order valence-electron chi connectivity index (χ4n) is 17.0. The lowest BCUT2D eigenvalue weighted by Crippen LogP contribution is -2.30. The second-order valence-electron chi connectivity index (χ2n) is 19.7. The summed E-state index contributed by atoms with van der Waals surface area (Å²) in [6, 6.07) is 18.4. The van der Waals surface area contributed by atoms with Gasteiger partial charge in [0.1, 0.15) is 0 Å². The molecule has 2 nitrogen and oxygen atoms in total. The van der Waals surface area contributed by atoms with Gasteiger partial charge in [-0.15, -0.1) is 22.7 Å². The Kier molecular flexibility index (Phi) is 3.78. The van der Waals surface area contributed by atoms with Crippen LogP contribution in [-0.2, 0) is 46.0 Å². The van der Waals surface area contributed by atoms with E-state index in [1.165, 1.54) is 37.4 Å². The monoisotopic (exact) mass is 774 g/mol. The first kappa shape index (κ1) is 28.2. The summed E-state index contributed by atoms with van der Waals surface area (Å²) in [5, 5.41) is 33.3. The third-order valence-electron chi connectivity index (χ3n) is 18.2. The minimum absolute atomic E-state index is 0.0627. The van der Waals surface area contributed by atoms with Gasteiger partial charge >= 0.3 is 5.97 Å². The maximum Gasteiger partial charge on any atom is 0.305 e. The van der Waals surface area contributed by atoms with Crippen LogP contribution in [0.15, 0.2) is 42.5 Å². The van der Waals surface area contributed by atoms with E-state index in [1.807, 2.05) is 11.3 Å². The molecular formula is C54H30O2S2. The van der Waals surface area contributed by atoms with Crippen molar-refractivity contribution < 1.29 is 9.53 Å². The highest BCUT2D eigenvalue weighted by atomic mass is 32.1. The highest BCUT2D eigenvalue weighted by molar-refractivity contribution is 7.28. The van der Waals surface area contributed by atoms with Crippen molar-refractivity contribution in [3.63, 3.8) is 0 Å². The van der Waals surface area contributed by atoms with Gasteiger partial charge in [0.05, 0.1) is 7.11 Å². The quantitative estimate of drug-likeness (QED) is 0.0916. The number of benzene rings is 7. The summed E-state index contributed by atoms with van der Waals surface area (Å²) < 4.78 is 8.13. The number of carbonyl (C=O) groups is 1. The van der Waals surface area contributed by atoms with Gasteiger partial charge in [0.2, 0.25) is 0 Å². The second-order valence-corrected chi connectivity index (χ2v) is 22.0. The number of carbonyl (C=O) groups excluding carboxylic acids is 1. The molecule has 6 aliphatic rings. The van der Waals surface area contributed by atoms with Crippen LogP contribution in [0, 0.1) is 5.41 Å². The molecule has 270 valence electrons. The second kappa shape index (κ2) is 7.78. The van der Waals surface area contributed by atoms with E-state index >= 15 is 0 Å². The predicted octanol–water partition coefficient (Wildman–Crippen LogP) is 12.8. The van der Waals surface area contributed by atoms with E-state index in [4.69, 9.17) is 4.74 Å². The van der Waals surface area contributed by atoms with Crippen LogP contribution in [0.1, 0.15) is 81.3 Å². The number of methoxy groups -OCH3 is 1. The molecule has 0 N–H and O–H groups in total. The van der Waals surface area contributed by atoms with Crippen molar-refractivity contribution in [3.8, 4) is 0 Å². The molecule has 1 saturated carbocycles. The lowest BCUT2D eigenvalue weighted by molar-refractivity contribution is -0.140. The third kappa shape index (κ3) is 2.18. The summed E-state index contributed by atoms with van der Waals surface area (Å²) in [6.07, 6.45) is 10.6. The fraction of sp³-hybridized carbons (Fsp3) is 0.241. The van der Waals surface area contributed by atoms with Gasteiger partial charge in [0.15, 0.2) is 0 Å². The molecule has 11 aromatic carbocycles. The molecule has 0 radical (unpaired) electrons. The molecule has 1 spiro atoms. The molecule has 1 fully saturated rings. The molecule has 3 atom stereocenters. The average molecular weight is 775 g/mol. The Morgan fingerprint density at radius 2 is 1.21 bits per heavy atom. The Labute approximate surface area is 337 Å². The topological polar surface area (TPSA) is 26.3 Å². The molecule has 19 rings (SSSR count). The zero-order chi connectivity index (χ0) is 37.0. The summed E-state index contributed by atoms with van der Waals surface area (Å²) in [4.78, 5) is 15.7. The van der Waals surface area contributed by atoms with Gasteiger partial charge < -0.3 is 4.74 Å². The highest BCUT2D eigenvalue weighted by Gasteiger charge is 2.90. The molecule has 0 saturated heterocycles. The van der Waals surface area contributed by atoms with Crippen molar-refractivity contribution in [2.45, 2.75) is 69.1 Å². The first-order valence-electron chi connectivity index (χ1n) is 21.6. The lowest BCUT2D eigenvalue weighted by atomic mass is 9.70. The van der Waals surface area contributed by atoms with Crippen LogP contribution < -0.4 is 5.22 Å². The van der Waals surface area contributed by atoms with Crippen LogP contribution >= 0.6 is 22.7 Å². The molecule has 0 aliphatic heterocycles. The normalized spacial score (nSPS) is 24.2. The molecule has 0 amide bonds. The van der Waals surface area contributed by atoms with E-state index in [-0.39, 0.29) is 22.2 Å². The molecule has 2 aromatic heterocycles. The van der Waals surface area contributed by atoms with Gasteiger partial charge in [-0.05, 0) is 215 Å². The molecule has 3 unspecified atom stereocenters. The van der Waals surface area contributed by atoms with E-state index in [9.17, 15) is 4.79 Å². The standard InChI is InChI=1S/C54H30O2S2/c1-3-27-15-28-29(57-27)16-30(58-28)53(7-5-4-6-31(55)56-2)52-17-25-13-23-11-21-10-22-9-19-8-20-12-24-14-26(18-52)50-48-37(24)41-33(20)32(19)39-36(22)40-34(21)35(23)42-38(25)51(54(50,52)53)49-46(42)44(40)43(39)45(41)47(48)49/h8,10,12-16,18H,3-7,9,11,17H2,1-2H3. The minimum atomic E-state index is -0.136. The first-order chi connectivity index (χ1) is 28.5. The Hall–Kier alpha value is -5.29. The molecule has 0 bridgehead atoms. The maximum atomic E-state index is 12.6. The average Bonchev–Trinajstić information content (AvgIpc) is 4.04. The van der Waals surface area contributed by atoms with Crippen molar-refractivity contribution in [2.24, 2.45) is 5.41 Å². The molecule has 2 heterocycles. The number of thiophene rings is 2. The van der Waals surface area contributed by atoms with Crippen molar-refractivity contribution in [2.75, 3.05) is 7.11 Å². The Bertz CT molecular complexity index is 4310. The summed E-state index contributed by atoms with van der Waals surface area (Å²) in [7, 11) is 1.54. The van der Waals surface area contributed by atoms with Crippen LogP contribution in [0.2, 0.25) is 0 Å². The van der Waals surface area contributed by atoms with Gasteiger partial charge in [-0.2, -0.15) is 0 Å². The van der Waals surface area contributed by atoms with E-state index < -0.39 is 0 Å². The van der Waals surface area contributed by atoms with Crippen LogP contribution in [-0.4, -0.2) is 13.1 Å². The zero-order valence-electron chi connectivity index (χ0n) is 31.9. The number of esters is 1.